The molecule has 1 heterocycles. The topological polar surface area (TPSA) is 170 Å². The summed E-state index contributed by atoms with van der Waals surface area (Å²) < 4.78 is 7.44. The van der Waals surface area contributed by atoms with Gasteiger partial charge in [-0.2, -0.15) is 0 Å². The number of carbonyl (C=O) groups excluding carboxylic acids is 1. The fourth-order valence-corrected chi connectivity index (χ4v) is 3.57. The van der Waals surface area contributed by atoms with E-state index in [4.69, 9.17) is 26.9 Å². The number of nitrogens with zero attached hydrogens (tertiary/aromatic N) is 1. The van der Waals surface area contributed by atoms with Crippen molar-refractivity contribution in [3.63, 3.8) is 0 Å². The first-order chi connectivity index (χ1) is 15.1. The van der Waals surface area contributed by atoms with Gasteiger partial charge in [-0.15, -0.1) is 0 Å². The molecular formula is C20H18ClN5O6. The van der Waals surface area contributed by atoms with Crippen LogP contribution in [0.5, 0.6) is 17.2 Å². The van der Waals surface area contributed by atoms with Crippen LogP contribution in [0, 0.1) is 5.41 Å². The van der Waals surface area contributed by atoms with E-state index < -0.39 is 23.6 Å². The average Bonchev–Trinajstić information content (AvgIpc) is 3.34. The molecule has 1 saturated carbocycles. The van der Waals surface area contributed by atoms with Crippen LogP contribution in [-0.2, 0) is 10.3 Å². The minimum absolute atomic E-state index is 0.0263. The first-order valence-corrected chi connectivity index (χ1v) is 9.81. The fourth-order valence-electron chi connectivity index (χ4n) is 3.31. The van der Waals surface area contributed by atoms with Crippen molar-refractivity contribution in [2.24, 2.45) is 0 Å². The van der Waals surface area contributed by atoms with Gasteiger partial charge in [-0.25, -0.2) is 9.59 Å². The lowest BCUT2D eigenvalue weighted by Crippen LogP contribution is -2.37. The molecule has 0 radical (unpaired) electrons. The summed E-state index contributed by atoms with van der Waals surface area (Å²) in [6.07, 6.45) is 0.226. The zero-order valence-corrected chi connectivity index (χ0v) is 17.4. The molecule has 11 nitrogen and oxygen atoms in total. The zero-order valence-electron chi connectivity index (χ0n) is 16.7. The van der Waals surface area contributed by atoms with E-state index in [9.17, 15) is 19.5 Å². The Morgan fingerprint density at radius 2 is 2.00 bits per heavy atom. The van der Waals surface area contributed by atoms with Crippen molar-refractivity contribution in [1.82, 2.24) is 14.9 Å². The number of rotatable bonds is 4. The Balaban J connectivity index is 1.59. The van der Waals surface area contributed by atoms with Crippen molar-refractivity contribution in [3.8, 4) is 17.2 Å². The Labute approximate surface area is 185 Å². The number of carboxylic acid groups (broad SMARTS) is 1. The van der Waals surface area contributed by atoms with Crippen molar-refractivity contribution in [2.45, 2.75) is 25.3 Å². The van der Waals surface area contributed by atoms with Gasteiger partial charge in [0.05, 0.1) is 16.1 Å². The normalized spacial score (nSPS) is 14.1. The van der Waals surface area contributed by atoms with Gasteiger partial charge >= 0.3 is 11.8 Å². The molecule has 0 atom stereocenters. The molecule has 0 bridgehead atoms. The van der Waals surface area contributed by atoms with Gasteiger partial charge in [0.15, 0.2) is 17.3 Å². The molecule has 1 aliphatic carbocycles. The quantitative estimate of drug-likeness (QED) is 0.258. The number of H-pyrrole nitrogens is 1. The summed E-state index contributed by atoms with van der Waals surface area (Å²) in [4.78, 5) is 37.5. The molecule has 0 saturated heterocycles. The smallest absolute Gasteiger partial charge is 0.410 e. The number of aromatic hydroxyl groups is 1. The highest BCUT2D eigenvalue weighted by Gasteiger charge is 2.41. The van der Waals surface area contributed by atoms with Crippen molar-refractivity contribution < 1.29 is 24.5 Å². The van der Waals surface area contributed by atoms with Crippen LogP contribution in [0.2, 0.25) is 5.02 Å². The molecule has 3 aromatic rings. The number of amidine groups is 1. The standard InChI is InChI=1S/C20H18ClN5O6/c1-20(4-5-20)26-13-8-10(2-3-12(13)24-18(26)29)32-15-11(21)6-9(7-14(15)27)23-17(28)16(22)25-19(30)31/h2-3,6-8,27H,4-5H2,1H3,(H2,22,25)(H,23,28)(H,24,29)(H,30,31). The van der Waals surface area contributed by atoms with Crippen LogP contribution >= 0.6 is 11.6 Å². The molecule has 0 unspecified atom stereocenters. The van der Waals surface area contributed by atoms with E-state index in [2.05, 4.69) is 10.3 Å². The predicted molar refractivity (Wildman–Crippen MR) is 116 cm³/mol. The lowest BCUT2D eigenvalue weighted by atomic mass is 10.2. The second-order valence-electron chi connectivity index (χ2n) is 7.61. The number of carbonyl (C=O) groups is 2. The van der Waals surface area contributed by atoms with Gasteiger partial charge in [-0.1, -0.05) is 11.6 Å². The maximum atomic E-state index is 12.4. The molecule has 12 heteroatoms. The van der Waals surface area contributed by atoms with E-state index in [1.165, 1.54) is 6.07 Å². The third-order valence-corrected chi connectivity index (χ3v) is 5.41. The predicted octanol–water partition coefficient (Wildman–Crippen LogP) is 3.17. The number of aromatic nitrogens is 2. The minimum atomic E-state index is -1.56. The van der Waals surface area contributed by atoms with Gasteiger partial charge in [0.1, 0.15) is 5.75 Å². The minimum Gasteiger partial charge on any atom is -0.504 e. The number of halogens is 1. The summed E-state index contributed by atoms with van der Waals surface area (Å²) in [6.45, 7) is 2.00. The summed E-state index contributed by atoms with van der Waals surface area (Å²) in [5.74, 6) is -2.09. The van der Waals surface area contributed by atoms with Crippen LogP contribution < -0.4 is 21.1 Å². The molecule has 2 amide bonds. The van der Waals surface area contributed by atoms with Gasteiger partial charge in [0, 0.05) is 23.4 Å². The zero-order chi connectivity index (χ0) is 23.2. The van der Waals surface area contributed by atoms with Crippen LogP contribution in [0.25, 0.3) is 11.0 Å². The Hall–Kier alpha value is -3.99. The summed E-state index contributed by atoms with van der Waals surface area (Å²) in [6, 6.07) is 7.39. The van der Waals surface area contributed by atoms with Crippen molar-refractivity contribution >= 4 is 46.2 Å². The number of hydrogen-bond acceptors (Lipinski definition) is 6. The molecule has 1 aromatic heterocycles. The largest absolute Gasteiger partial charge is 0.504 e. The Morgan fingerprint density at radius 1 is 1.28 bits per heavy atom. The van der Waals surface area contributed by atoms with Crippen LogP contribution in [0.3, 0.4) is 0 Å². The summed E-state index contributed by atoms with van der Waals surface area (Å²) in [7, 11) is 0. The van der Waals surface area contributed by atoms with E-state index in [1.807, 2.05) is 6.92 Å². The van der Waals surface area contributed by atoms with Gasteiger partial charge in [-0.05, 0) is 38.0 Å². The molecule has 0 spiro atoms. The lowest BCUT2D eigenvalue weighted by Gasteiger charge is -2.14. The summed E-state index contributed by atoms with van der Waals surface area (Å²) in [5.41, 5.74) is 0.897. The van der Waals surface area contributed by atoms with E-state index in [1.54, 1.807) is 28.1 Å². The maximum absolute atomic E-state index is 12.4. The first kappa shape index (κ1) is 21.2. The lowest BCUT2D eigenvalue weighted by molar-refractivity contribution is -0.110. The number of benzene rings is 2. The van der Waals surface area contributed by atoms with Crippen LogP contribution in [0.1, 0.15) is 19.8 Å². The van der Waals surface area contributed by atoms with Crippen LogP contribution in [-0.4, -0.2) is 37.6 Å². The number of nitrogens with one attached hydrogen (secondary N) is 4. The van der Waals surface area contributed by atoms with Crippen molar-refractivity contribution in [1.29, 1.82) is 5.41 Å². The van der Waals surface area contributed by atoms with E-state index >= 15 is 0 Å². The number of hydrogen-bond donors (Lipinski definition) is 6. The van der Waals surface area contributed by atoms with Gasteiger partial charge in [0.2, 0.25) is 0 Å². The number of ether oxygens (including phenoxy) is 1. The molecule has 1 aliphatic rings. The maximum Gasteiger partial charge on any atom is 0.410 e. The average molecular weight is 460 g/mol. The third-order valence-electron chi connectivity index (χ3n) is 5.13. The molecule has 0 aliphatic heterocycles. The van der Waals surface area contributed by atoms with E-state index in [0.717, 1.165) is 18.9 Å². The van der Waals surface area contributed by atoms with Crippen LogP contribution in [0.15, 0.2) is 35.1 Å². The Kier molecular flexibility index (Phi) is 5.05. The highest BCUT2D eigenvalue weighted by molar-refractivity contribution is 6.43. The second kappa shape index (κ2) is 7.61. The van der Waals surface area contributed by atoms with Gasteiger partial charge in [-0.3, -0.25) is 20.1 Å². The number of imidazole rings is 1. The summed E-state index contributed by atoms with van der Waals surface area (Å²) >= 11 is 6.21. The van der Waals surface area contributed by atoms with Crippen molar-refractivity contribution in [3.05, 3.63) is 45.8 Å². The number of phenols is 1. The SMILES string of the molecule is CC1(n2c(=O)[nH]c3ccc(Oc4c(O)cc(NC(=O)C(=N)NC(=O)O)cc4Cl)cc32)CC1. The van der Waals surface area contributed by atoms with Crippen LogP contribution in [0.4, 0.5) is 10.5 Å². The monoisotopic (exact) mass is 459 g/mol. The highest BCUT2D eigenvalue weighted by atomic mass is 35.5. The molecule has 4 rings (SSSR count). The Bertz CT molecular complexity index is 1320. The van der Waals surface area contributed by atoms with Gasteiger partial charge in [0.25, 0.3) is 5.91 Å². The molecule has 6 N–H and O–H groups in total. The van der Waals surface area contributed by atoms with Gasteiger partial charge < -0.3 is 25.3 Å². The highest BCUT2D eigenvalue weighted by Crippen LogP contribution is 2.44. The third kappa shape index (κ3) is 3.97. The molecular weight excluding hydrogens is 442 g/mol. The van der Waals surface area contributed by atoms with Crippen molar-refractivity contribution in [2.75, 3.05) is 5.32 Å². The molecule has 166 valence electrons. The molecule has 2 aromatic carbocycles. The number of phenolic OH excluding ortho intramolecular Hbond substituents is 1. The number of fused-ring (bicyclic) bond motifs is 1. The molecule has 1 fully saturated rings. The second-order valence-corrected chi connectivity index (χ2v) is 8.02. The van der Waals surface area contributed by atoms with E-state index in [-0.39, 0.29) is 27.7 Å². The first-order valence-electron chi connectivity index (χ1n) is 9.43. The number of amides is 2. The summed E-state index contributed by atoms with van der Waals surface area (Å²) in [5, 5.41) is 30.1. The number of anilines is 1. The fraction of sp³-hybridized carbons (Fsp3) is 0.200. The molecule has 32 heavy (non-hydrogen) atoms. The Morgan fingerprint density at radius 3 is 2.62 bits per heavy atom. The van der Waals surface area contributed by atoms with E-state index in [0.29, 0.717) is 16.8 Å². The number of aromatic amines is 1.